The van der Waals surface area contributed by atoms with E-state index >= 15 is 0 Å². The van der Waals surface area contributed by atoms with Crippen LogP contribution in [0.5, 0.6) is 5.75 Å². The maximum absolute atomic E-state index is 13.5. The zero-order valence-corrected chi connectivity index (χ0v) is 19.4. The molecule has 0 aromatic heterocycles. The summed E-state index contributed by atoms with van der Waals surface area (Å²) in [6, 6.07) is 6.83. The monoisotopic (exact) mass is 523 g/mol. The average molecular weight is 523 g/mol. The molecule has 0 radical (unpaired) electrons. The number of nitrogens with zero attached hydrogens (tertiary/aromatic N) is 2. The van der Waals surface area contributed by atoms with E-state index in [0.717, 1.165) is 24.3 Å². The van der Waals surface area contributed by atoms with Gasteiger partial charge in [-0.25, -0.2) is 4.79 Å². The second-order valence-corrected chi connectivity index (χ2v) is 9.37. The highest BCUT2D eigenvalue weighted by Crippen LogP contribution is 2.34. The maximum atomic E-state index is 13.5. The van der Waals surface area contributed by atoms with Crippen molar-refractivity contribution in [1.82, 2.24) is 5.32 Å². The summed E-state index contributed by atoms with van der Waals surface area (Å²) in [6.07, 6.45) is -5.53. The summed E-state index contributed by atoms with van der Waals surface area (Å²) in [4.78, 5) is 17.4. The van der Waals surface area contributed by atoms with Crippen LogP contribution in [-0.2, 0) is 19.7 Å². The molecule has 1 N–H and O–H groups in total. The molecular formula is C21H22F5N3O5S. The second-order valence-electron chi connectivity index (χ2n) is 7.62. The van der Waals surface area contributed by atoms with Gasteiger partial charge in [-0.1, -0.05) is 16.6 Å². The molecule has 0 unspecified atom stereocenters. The lowest BCUT2D eigenvalue weighted by Gasteiger charge is -2.31. The van der Waals surface area contributed by atoms with E-state index in [4.69, 9.17) is 0 Å². The summed E-state index contributed by atoms with van der Waals surface area (Å²) in [6.45, 7) is 2.15. The molecule has 3 rings (SSSR count). The van der Waals surface area contributed by atoms with E-state index in [0.29, 0.717) is 37.4 Å². The van der Waals surface area contributed by atoms with Crippen molar-refractivity contribution in [2.75, 3.05) is 35.5 Å². The normalized spacial score (nSPS) is 14.7. The number of anilines is 2. The van der Waals surface area contributed by atoms with Crippen molar-refractivity contribution in [1.29, 1.82) is 0 Å². The Morgan fingerprint density at radius 2 is 1.69 bits per heavy atom. The predicted octanol–water partition coefficient (Wildman–Crippen LogP) is 3.53. The van der Waals surface area contributed by atoms with Gasteiger partial charge in [0.15, 0.2) is 0 Å². The van der Waals surface area contributed by atoms with E-state index in [-0.39, 0.29) is 10.0 Å². The lowest BCUT2D eigenvalue weighted by Crippen LogP contribution is -2.44. The minimum atomic E-state index is -5.53. The number of ether oxygens (including phenoxy) is 1. The van der Waals surface area contributed by atoms with Gasteiger partial charge in [-0.15, -0.1) is 0 Å². The fourth-order valence-corrected chi connectivity index (χ4v) is 4.72. The average Bonchev–Trinajstić information content (AvgIpc) is 2.78. The summed E-state index contributed by atoms with van der Waals surface area (Å²) >= 11 is 0. The fraction of sp³-hybridized carbons (Fsp3) is 0.381. The van der Waals surface area contributed by atoms with Gasteiger partial charge in [0.25, 0.3) is 10.0 Å². The zero-order valence-electron chi connectivity index (χ0n) is 18.6. The standard InChI is InChI=1S/C21H22F5N3O5S/c1-13-4-6-16(12-17(13)28-9-7-27-8-10-28)35(31,32)29(34-19(30)21(24,25)26)18-11-15(33-20(22)23)5-3-14(18)2/h3-6,11-12,20,27H,7-10H2,1-2H3. The summed E-state index contributed by atoms with van der Waals surface area (Å²) in [5, 5.41) is 3.15. The van der Waals surface area contributed by atoms with Crippen LogP contribution in [0.25, 0.3) is 0 Å². The molecule has 0 aliphatic carbocycles. The highest BCUT2D eigenvalue weighted by atomic mass is 32.2. The lowest BCUT2D eigenvalue weighted by atomic mass is 10.1. The van der Waals surface area contributed by atoms with Crippen LogP contribution in [0.3, 0.4) is 0 Å². The number of benzene rings is 2. The SMILES string of the molecule is Cc1ccc(S(=O)(=O)N(OC(=O)C(F)(F)F)c2cc(OC(F)F)ccc2C)cc1N1CCNCC1. The minimum Gasteiger partial charge on any atom is -0.435 e. The van der Waals surface area contributed by atoms with Crippen LogP contribution in [0.1, 0.15) is 11.1 Å². The van der Waals surface area contributed by atoms with Crippen LogP contribution in [0.4, 0.5) is 33.3 Å². The van der Waals surface area contributed by atoms with Crippen LogP contribution in [0.15, 0.2) is 41.3 Å². The lowest BCUT2D eigenvalue weighted by molar-refractivity contribution is -0.199. The summed E-state index contributed by atoms with van der Waals surface area (Å²) in [7, 11) is -4.95. The van der Waals surface area contributed by atoms with Crippen molar-refractivity contribution < 1.29 is 44.7 Å². The fourth-order valence-electron chi connectivity index (χ4n) is 3.41. The Labute approximate surface area is 198 Å². The van der Waals surface area contributed by atoms with Crippen molar-refractivity contribution >= 4 is 27.4 Å². The number of rotatable bonds is 7. The number of hydrogen-bond donors (Lipinski definition) is 1. The molecule has 2 aromatic carbocycles. The molecule has 1 aliphatic rings. The van der Waals surface area contributed by atoms with Gasteiger partial charge in [0, 0.05) is 37.9 Å². The number of hydrogen-bond acceptors (Lipinski definition) is 7. The smallest absolute Gasteiger partial charge is 0.435 e. The van der Waals surface area contributed by atoms with Crippen LogP contribution in [0.2, 0.25) is 0 Å². The van der Waals surface area contributed by atoms with Crippen LogP contribution in [0, 0.1) is 13.8 Å². The summed E-state index contributed by atoms with van der Waals surface area (Å²) in [5.74, 6) is -3.36. The third-order valence-electron chi connectivity index (χ3n) is 5.15. The largest absolute Gasteiger partial charge is 0.493 e. The molecule has 2 aromatic rings. The van der Waals surface area contributed by atoms with Crippen molar-refractivity contribution in [3.63, 3.8) is 0 Å². The quantitative estimate of drug-likeness (QED) is 0.439. The molecule has 35 heavy (non-hydrogen) atoms. The minimum absolute atomic E-state index is 0.0135. The number of aryl methyl sites for hydroxylation is 2. The molecule has 1 saturated heterocycles. The van der Waals surface area contributed by atoms with E-state index in [1.165, 1.54) is 19.1 Å². The Hall–Kier alpha value is -3.13. The first-order chi connectivity index (χ1) is 16.3. The van der Waals surface area contributed by atoms with Gasteiger partial charge >= 0.3 is 18.8 Å². The molecule has 1 aliphatic heterocycles. The third kappa shape index (κ3) is 6.11. The third-order valence-corrected chi connectivity index (χ3v) is 6.71. The molecule has 1 heterocycles. The van der Waals surface area contributed by atoms with Gasteiger partial charge in [-0.3, -0.25) is 0 Å². The van der Waals surface area contributed by atoms with E-state index in [1.54, 1.807) is 6.92 Å². The number of carbonyl (C=O) groups excluding carboxylic acids is 1. The molecule has 14 heteroatoms. The van der Waals surface area contributed by atoms with Gasteiger partial charge in [-0.2, -0.15) is 30.4 Å². The number of sulfonamides is 1. The highest BCUT2D eigenvalue weighted by Gasteiger charge is 2.45. The number of carbonyl (C=O) groups is 1. The molecule has 0 spiro atoms. The summed E-state index contributed by atoms with van der Waals surface area (Å²) < 4.78 is 95.3. The van der Waals surface area contributed by atoms with E-state index in [2.05, 4.69) is 14.9 Å². The zero-order chi connectivity index (χ0) is 26.0. The van der Waals surface area contributed by atoms with Gasteiger partial charge in [-0.05, 0) is 43.2 Å². The van der Waals surface area contributed by atoms with E-state index in [1.807, 2.05) is 4.90 Å². The second kappa shape index (κ2) is 10.2. The number of nitrogens with one attached hydrogen (secondary N) is 1. The topological polar surface area (TPSA) is 88.2 Å². The van der Waals surface area contributed by atoms with Gasteiger partial charge < -0.3 is 19.8 Å². The van der Waals surface area contributed by atoms with Gasteiger partial charge in [0.1, 0.15) is 11.4 Å². The van der Waals surface area contributed by atoms with Crippen molar-refractivity contribution in [2.24, 2.45) is 0 Å². The summed E-state index contributed by atoms with van der Waals surface area (Å²) in [5.41, 5.74) is 0.652. The Balaban J connectivity index is 2.12. The van der Waals surface area contributed by atoms with Gasteiger partial charge in [0.2, 0.25) is 0 Å². The molecule has 0 saturated carbocycles. The molecule has 8 nitrogen and oxygen atoms in total. The molecule has 1 fully saturated rings. The first-order valence-electron chi connectivity index (χ1n) is 10.3. The molecule has 0 bridgehead atoms. The number of halogens is 5. The molecule has 0 amide bonds. The first-order valence-corrected chi connectivity index (χ1v) is 11.7. The van der Waals surface area contributed by atoms with Crippen LogP contribution >= 0.6 is 0 Å². The molecule has 0 atom stereocenters. The van der Waals surface area contributed by atoms with E-state index < -0.39 is 45.1 Å². The maximum Gasteiger partial charge on any atom is 0.493 e. The van der Waals surface area contributed by atoms with Crippen LogP contribution in [-0.4, -0.2) is 53.4 Å². The number of piperazine rings is 1. The molecular weight excluding hydrogens is 501 g/mol. The van der Waals surface area contributed by atoms with E-state index in [9.17, 15) is 35.2 Å². The highest BCUT2D eigenvalue weighted by molar-refractivity contribution is 7.92. The Morgan fingerprint density at radius 3 is 2.29 bits per heavy atom. The predicted molar refractivity (Wildman–Crippen MR) is 116 cm³/mol. The van der Waals surface area contributed by atoms with Crippen molar-refractivity contribution in [3.05, 3.63) is 47.5 Å². The Bertz CT molecular complexity index is 1180. The van der Waals surface area contributed by atoms with Crippen molar-refractivity contribution in [2.45, 2.75) is 31.5 Å². The molecule has 192 valence electrons. The van der Waals surface area contributed by atoms with Crippen LogP contribution < -0.4 is 19.4 Å². The Kier molecular flexibility index (Phi) is 7.74. The first kappa shape index (κ1) is 26.5. The Morgan fingerprint density at radius 1 is 1.06 bits per heavy atom. The number of alkyl halides is 5. The van der Waals surface area contributed by atoms with Gasteiger partial charge in [0.05, 0.1) is 4.90 Å². The van der Waals surface area contributed by atoms with Crippen molar-refractivity contribution in [3.8, 4) is 5.75 Å².